The smallest absolute Gasteiger partial charge is 0.307 e. The highest BCUT2D eigenvalue weighted by Crippen LogP contribution is 2.06. The lowest BCUT2D eigenvalue weighted by atomic mass is 10.1. The number of carbonyl (C=O) groups excluding carboxylic acids is 1. The first-order valence-corrected chi connectivity index (χ1v) is 6.50. The zero-order valence-electron chi connectivity index (χ0n) is 9.00. The van der Waals surface area contributed by atoms with E-state index in [1.54, 1.807) is 10.8 Å². The van der Waals surface area contributed by atoms with E-state index in [0.29, 0.717) is 5.56 Å². The quantitative estimate of drug-likeness (QED) is 0.791. The predicted molar refractivity (Wildman–Crippen MR) is 60.1 cm³/mol. The van der Waals surface area contributed by atoms with Gasteiger partial charge in [0, 0.05) is 5.56 Å². The molecule has 0 heterocycles. The largest absolute Gasteiger partial charge is 0.481 e. The van der Waals surface area contributed by atoms with Gasteiger partial charge in [-0.25, -0.2) is 13.1 Å². The molecule has 1 aromatic carbocycles. The fourth-order valence-corrected chi connectivity index (χ4v) is 1.68. The van der Waals surface area contributed by atoms with Crippen LogP contribution in [0.4, 0.5) is 0 Å². The number of aliphatic carboxylic acids is 1. The summed E-state index contributed by atoms with van der Waals surface area (Å²) in [4.78, 5) is 21.9. The van der Waals surface area contributed by atoms with Crippen molar-refractivity contribution in [3.63, 3.8) is 0 Å². The molecular formula is C10H11NO5S. The molecule has 92 valence electrons. The predicted octanol–water partition coefficient (Wildman–Crippen LogP) is 0.00310. The summed E-state index contributed by atoms with van der Waals surface area (Å²) in [6, 6.07) is 5.79. The van der Waals surface area contributed by atoms with Gasteiger partial charge in [0.05, 0.1) is 12.7 Å². The van der Waals surface area contributed by atoms with E-state index in [1.807, 2.05) is 0 Å². The van der Waals surface area contributed by atoms with Gasteiger partial charge in [-0.15, -0.1) is 0 Å². The third-order valence-corrected chi connectivity index (χ3v) is 2.38. The van der Waals surface area contributed by atoms with Crippen LogP contribution in [0.15, 0.2) is 24.3 Å². The van der Waals surface area contributed by atoms with Gasteiger partial charge in [-0.3, -0.25) is 9.59 Å². The normalized spacial score (nSPS) is 10.9. The number of carboxylic acids is 1. The zero-order chi connectivity index (χ0) is 13.1. The maximum absolute atomic E-state index is 11.5. The maximum atomic E-state index is 11.5. The SMILES string of the molecule is CS(=O)(=O)NC(=O)c1cccc(CC(=O)O)c1. The van der Waals surface area contributed by atoms with Crippen LogP contribution in [0.5, 0.6) is 0 Å². The van der Waals surface area contributed by atoms with E-state index in [0.717, 1.165) is 6.26 Å². The minimum Gasteiger partial charge on any atom is -0.481 e. The van der Waals surface area contributed by atoms with Gasteiger partial charge in [-0.05, 0) is 17.7 Å². The molecule has 0 aliphatic carbocycles. The van der Waals surface area contributed by atoms with E-state index in [1.165, 1.54) is 18.2 Å². The van der Waals surface area contributed by atoms with Crippen molar-refractivity contribution < 1.29 is 23.1 Å². The average Bonchev–Trinajstić information content (AvgIpc) is 2.14. The molecule has 1 aromatic rings. The van der Waals surface area contributed by atoms with Crippen molar-refractivity contribution in [3.8, 4) is 0 Å². The molecule has 0 saturated heterocycles. The van der Waals surface area contributed by atoms with Crippen LogP contribution < -0.4 is 4.72 Å². The molecule has 1 rings (SSSR count). The molecule has 2 N–H and O–H groups in total. The number of benzene rings is 1. The fourth-order valence-electron chi connectivity index (χ4n) is 1.22. The summed E-state index contributed by atoms with van der Waals surface area (Å²) in [7, 11) is -3.62. The van der Waals surface area contributed by atoms with Crippen molar-refractivity contribution in [1.29, 1.82) is 0 Å². The number of rotatable bonds is 4. The highest BCUT2D eigenvalue weighted by atomic mass is 32.2. The van der Waals surface area contributed by atoms with Crippen LogP contribution in [0.25, 0.3) is 0 Å². The van der Waals surface area contributed by atoms with E-state index >= 15 is 0 Å². The van der Waals surface area contributed by atoms with Crippen molar-refractivity contribution in [3.05, 3.63) is 35.4 Å². The molecule has 0 atom stereocenters. The Kier molecular flexibility index (Phi) is 3.84. The molecule has 7 heteroatoms. The Bertz CT molecular complexity index is 550. The summed E-state index contributed by atoms with van der Waals surface area (Å²) in [5.74, 6) is -1.80. The number of nitrogens with one attached hydrogen (secondary N) is 1. The Morgan fingerprint density at radius 2 is 2.00 bits per heavy atom. The third kappa shape index (κ3) is 4.64. The van der Waals surface area contributed by atoms with Crippen LogP contribution in [0.3, 0.4) is 0 Å². The van der Waals surface area contributed by atoms with E-state index < -0.39 is 21.9 Å². The summed E-state index contributed by atoms with van der Waals surface area (Å²) in [5, 5.41) is 8.59. The van der Waals surface area contributed by atoms with Crippen molar-refractivity contribution in [2.24, 2.45) is 0 Å². The molecule has 0 saturated carbocycles. The van der Waals surface area contributed by atoms with E-state index in [9.17, 15) is 18.0 Å². The topological polar surface area (TPSA) is 101 Å². The first kappa shape index (κ1) is 13.2. The van der Waals surface area contributed by atoms with E-state index in [2.05, 4.69) is 0 Å². The Morgan fingerprint density at radius 3 is 2.53 bits per heavy atom. The average molecular weight is 257 g/mol. The molecule has 0 aliphatic heterocycles. The van der Waals surface area contributed by atoms with E-state index in [4.69, 9.17) is 5.11 Å². The lowest BCUT2D eigenvalue weighted by Crippen LogP contribution is -2.29. The molecule has 0 spiro atoms. The highest BCUT2D eigenvalue weighted by molar-refractivity contribution is 7.89. The zero-order valence-corrected chi connectivity index (χ0v) is 9.82. The Balaban J connectivity index is 2.92. The molecule has 1 amide bonds. The molecule has 0 fully saturated rings. The number of sulfonamides is 1. The molecule has 6 nitrogen and oxygen atoms in total. The second kappa shape index (κ2) is 4.96. The van der Waals surface area contributed by atoms with Gasteiger partial charge in [0.25, 0.3) is 5.91 Å². The van der Waals surface area contributed by atoms with Crippen molar-refractivity contribution in [1.82, 2.24) is 4.72 Å². The Morgan fingerprint density at radius 1 is 1.35 bits per heavy atom. The number of hydrogen-bond donors (Lipinski definition) is 2. The second-order valence-corrected chi connectivity index (χ2v) is 5.22. The van der Waals surface area contributed by atoms with Crippen molar-refractivity contribution in [2.45, 2.75) is 6.42 Å². The van der Waals surface area contributed by atoms with Crippen LogP contribution in [0.2, 0.25) is 0 Å². The molecule has 0 unspecified atom stereocenters. The van der Waals surface area contributed by atoms with Gasteiger partial charge in [0.2, 0.25) is 10.0 Å². The second-order valence-electron chi connectivity index (χ2n) is 3.47. The fraction of sp³-hybridized carbons (Fsp3) is 0.200. The molecular weight excluding hydrogens is 246 g/mol. The standard InChI is InChI=1S/C10H11NO5S/c1-17(15,16)11-10(14)8-4-2-3-7(5-8)6-9(12)13/h2-5H,6H2,1H3,(H,11,14)(H,12,13). The summed E-state index contributed by atoms with van der Waals surface area (Å²) >= 11 is 0. The molecule has 0 radical (unpaired) electrons. The van der Waals surface area contributed by atoms with Crippen LogP contribution in [0.1, 0.15) is 15.9 Å². The summed E-state index contributed by atoms with van der Waals surface area (Å²) in [6.45, 7) is 0. The summed E-state index contributed by atoms with van der Waals surface area (Å²) in [6.07, 6.45) is 0.645. The molecule has 0 bridgehead atoms. The Labute approximate surface area is 98.3 Å². The number of carbonyl (C=O) groups is 2. The molecule has 0 aliphatic rings. The minimum atomic E-state index is -3.62. The Hall–Kier alpha value is -1.89. The first-order valence-electron chi connectivity index (χ1n) is 4.61. The van der Waals surface area contributed by atoms with Gasteiger partial charge in [-0.2, -0.15) is 0 Å². The van der Waals surface area contributed by atoms with Gasteiger partial charge in [0.15, 0.2) is 0 Å². The highest BCUT2D eigenvalue weighted by Gasteiger charge is 2.11. The lowest BCUT2D eigenvalue weighted by molar-refractivity contribution is -0.136. The van der Waals surface area contributed by atoms with E-state index in [-0.39, 0.29) is 12.0 Å². The number of hydrogen-bond acceptors (Lipinski definition) is 4. The van der Waals surface area contributed by atoms with Crippen LogP contribution >= 0.6 is 0 Å². The molecule has 17 heavy (non-hydrogen) atoms. The number of carboxylic acid groups (broad SMARTS) is 1. The lowest BCUT2D eigenvalue weighted by Gasteiger charge is -2.04. The monoisotopic (exact) mass is 257 g/mol. The molecule has 0 aromatic heterocycles. The van der Waals surface area contributed by atoms with Crippen molar-refractivity contribution in [2.75, 3.05) is 6.26 Å². The summed E-state index contributed by atoms with van der Waals surface area (Å²) in [5.41, 5.74) is 0.535. The third-order valence-electron chi connectivity index (χ3n) is 1.82. The van der Waals surface area contributed by atoms with Gasteiger partial charge in [-0.1, -0.05) is 12.1 Å². The van der Waals surface area contributed by atoms with Crippen LogP contribution in [-0.2, 0) is 21.2 Å². The van der Waals surface area contributed by atoms with Gasteiger partial charge in [0.1, 0.15) is 0 Å². The summed E-state index contributed by atoms with van der Waals surface area (Å²) < 4.78 is 23.5. The minimum absolute atomic E-state index is 0.106. The first-order chi connectivity index (χ1) is 7.78. The maximum Gasteiger partial charge on any atom is 0.307 e. The van der Waals surface area contributed by atoms with Crippen LogP contribution in [-0.4, -0.2) is 31.7 Å². The van der Waals surface area contributed by atoms with Gasteiger partial charge >= 0.3 is 5.97 Å². The van der Waals surface area contributed by atoms with Crippen LogP contribution in [0, 0.1) is 0 Å². The van der Waals surface area contributed by atoms with Crippen molar-refractivity contribution >= 4 is 21.9 Å². The van der Waals surface area contributed by atoms with Gasteiger partial charge < -0.3 is 5.11 Å². The number of amides is 1.